The summed E-state index contributed by atoms with van der Waals surface area (Å²) in [6, 6.07) is 5.05. The largest absolute Gasteiger partial charge is 0.339 e. The van der Waals surface area contributed by atoms with Gasteiger partial charge in [0.05, 0.1) is 0 Å². The SMILES string of the molecule is O=C(c1cc(Cl)cc(Cl)c1)N1CC[C@@H]2CNC[C@@H]2CC1. The summed E-state index contributed by atoms with van der Waals surface area (Å²) in [7, 11) is 0. The van der Waals surface area contributed by atoms with E-state index in [1.807, 2.05) is 4.90 Å². The molecule has 0 unspecified atom stereocenters. The average molecular weight is 313 g/mol. The van der Waals surface area contributed by atoms with E-state index in [1.54, 1.807) is 18.2 Å². The summed E-state index contributed by atoms with van der Waals surface area (Å²) >= 11 is 12.0. The normalized spacial score (nSPS) is 26.2. The molecular formula is C15H18Cl2N2O. The zero-order chi connectivity index (χ0) is 14.1. The smallest absolute Gasteiger partial charge is 0.253 e. The van der Waals surface area contributed by atoms with Crippen LogP contribution in [0.5, 0.6) is 0 Å². The van der Waals surface area contributed by atoms with Gasteiger partial charge in [-0.1, -0.05) is 23.2 Å². The standard InChI is InChI=1S/C15H18Cl2N2O/c16-13-5-12(6-14(17)7-13)15(20)19-3-1-10-8-18-9-11(10)2-4-19/h5-7,10-11,18H,1-4,8-9H2/t10-,11+. The van der Waals surface area contributed by atoms with Crippen LogP contribution in [0.25, 0.3) is 0 Å². The van der Waals surface area contributed by atoms with Gasteiger partial charge < -0.3 is 10.2 Å². The van der Waals surface area contributed by atoms with E-state index in [9.17, 15) is 4.79 Å². The summed E-state index contributed by atoms with van der Waals surface area (Å²) in [5.74, 6) is 1.48. The highest BCUT2D eigenvalue weighted by Crippen LogP contribution is 2.28. The van der Waals surface area contributed by atoms with E-state index >= 15 is 0 Å². The highest BCUT2D eigenvalue weighted by molar-refractivity contribution is 6.35. The van der Waals surface area contributed by atoms with Crippen molar-refractivity contribution in [3.05, 3.63) is 33.8 Å². The number of nitrogens with one attached hydrogen (secondary N) is 1. The molecule has 0 saturated carbocycles. The van der Waals surface area contributed by atoms with E-state index in [0.29, 0.717) is 15.6 Å². The first-order valence-electron chi connectivity index (χ1n) is 7.09. The summed E-state index contributed by atoms with van der Waals surface area (Å²) in [6.45, 7) is 3.84. The Hall–Kier alpha value is -0.770. The highest BCUT2D eigenvalue weighted by atomic mass is 35.5. The first-order chi connectivity index (χ1) is 9.63. The number of hydrogen-bond acceptors (Lipinski definition) is 2. The molecule has 1 amide bonds. The lowest BCUT2D eigenvalue weighted by Crippen LogP contribution is -2.32. The molecule has 2 aliphatic heterocycles. The van der Waals surface area contributed by atoms with Gasteiger partial charge in [0.15, 0.2) is 0 Å². The van der Waals surface area contributed by atoms with Crippen molar-refractivity contribution in [1.29, 1.82) is 0 Å². The molecule has 1 aromatic carbocycles. The first-order valence-corrected chi connectivity index (χ1v) is 7.85. The zero-order valence-electron chi connectivity index (χ0n) is 11.2. The van der Waals surface area contributed by atoms with Crippen LogP contribution in [0.3, 0.4) is 0 Å². The predicted molar refractivity (Wildman–Crippen MR) is 81.4 cm³/mol. The fraction of sp³-hybridized carbons (Fsp3) is 0.533. The summed E-state index contributed by atoms with van der Waals surface area (Å²) in [5, 5.41) is 4.47. The van der Waals surface area contributed by atoms with Crippen molar-refractivity contribution in [2.45, 2.75) is 12.8 Å². The fourth-order valence-electron chi connectivity index (χ4n) is 3.28. The van der Waals surface area contributed by atoms with Crippen LogP contribution in [0, 0.1) is 11.8 Å². The molecule has 0 spiro atoms. The molecule has 2 saturated heterocycles. The van der Waals surface area contributed by atoms with E-state index in [2.05, 4.69) is 5.32 Å². The molecule has 0 aliphatic carbocycles. The molecule has 0 aromatic heterocycles. The third kappa shape index (κ3) is 2.95. The molecule has 3 nitrogen and oxygen atoms in total. The van der Waals surface area contributed by atoms with Crippen molar-refractivity contribution < 1.29 is 4.79 Å². The van der Waals surface area contributed by atoms with Crippen LogP contribution in [0.1, 0.15) is 23.2 Å². The Bertz CT molecular complexity index is 486. The number of fused-ring (bicyclic) bond motifs is 1. The van der Waals surface area contributed by atoms with E-state index in [4.69, 9.17) is 23.2 Å². The molecule has 0 radical (unpaired) electrons. The number of halogens is 2. The van der Waals surface area contributed by atoms with Crippen LogP contribution < -0.4 is 5.32 Å². The van der Waals surface area contributed by atoms with Crippen LogP contribution in [-0.4, -0.2) is 37.0 Å². The van der Waals surface area contributed by atoms with Crippen LogP contribution in [0.15, 0.2) is 18.2 Å². The van der Waals surface area contributed by atoms with Crippen molar-refractivity contribution in [1.82, 2.24) is 10.2 Å². The van der Waals surface area contributed by atoms with E-state index < -0.39 is 0 Å². The predicted octanol–water partition coefficient (Wildman–Crippen LogP) is 3.07. The summed E-state index contributed by atoms with van der Waals surface area (Å²) < 4.78 is 0. The van der Waals surface area contributed by atoms with Gasteiger partial charge in [-0.2, -0.15) is 0 Å². The Balaban J connectivity index is 1.73. The quantitative estimate of drug-likeness (QED) is 0.864. The zero-order valence-corrected chi connectivity index (χ0v) is 12.8. The number of hydrogen-bond donors (Lipinski definition) is 1. The Morgan fingerprint density at radius 2 is 1.60 bits per heavy atom. The van der Waals surface area contributed by atoms with Gasteiger partial charge >= 0.3 is 0 Å². The number of carbonyl (C=O) groups is 1. The summed E-state index contributed by atoms with van der Waals surface area (Å²) in [6.07, 6.45) is 2.16. The van der Waals surface area contributed by atoms with Gasteiger partial charge in [-0.3, -0.25) is 4.79 Å². The van der Waals surface area contributed by atoms with E-state index in [0.717, 1.165) is 50.9 Å². The number of benzene rings is 1. The minimum Gasteiger partial charge on any atom is -0.339 e. The molecule has 3 rings (SSSR count). The third-order valence-corrected chi connectivity index (χ3v) is 4.85. The number of amides is 1. The maximum absolute atomic E-state index is 12.6. The van der Waals surface area contributed by atoms with Crippen molar-refractivity contribution in [3.8, 4) is 0 Å². The summed E-state index contributed by atoms with van der Waals surface area (Å²) in [5.41, 5.74) is 0.590. The molecular weight excluding hydrogens is 295 g/mol. The molecule has 2 atom stereocenters. The fourth-order valence-corrected chi connectivity index (χ4v) is 3.81. The molecule has 0 bridgehead atoms. The van der Waals surface area contributed by atoms with E-state index in [-0.39, 0.29) is 5.91 Å². The number of likely N-dealkylation sites (tertiary alicyclic amines) is 1. The maximum atomic E-state index is 12.6. The molecule has 5 heteroatoms. The van der Waals surface area contributed by atoms with Crippen LogP contribution >= 0.6 is 23.2 Å². The lowest BCUT2D eigenvalue weighted by molar-refractivity contribution is 0.0758. The lowest BCUT2D eigenvalue weighted by Gasteiger charge is -2.21. The second-order valence-electron chi connectivity index (χ2n) is 5.71. The topological polar surface area (TPSA) is 32.3 Å². The Morgan fingerprint density at radius 3 is 2.15 bits per heavy atom. The maximum Gasteiger partial charge on any atom is 0.253 e. The Morgan fingerprint density at radius 1 is 1.05 bits per heavy atom. The second-order valence-corrected chi connectivity index (χ2v) is 6.58. The van der Waals surface area contributed by atoms with Gasteiger partial charge in [-0.15, -0.1) is 0 Å². The van der Waals surface area contributed by atoms with Gasteiger partial charge in [0, 0.05) is 28.7 Å². The highest BCUT2D eigenvalue weighted by Gasteiger charge is 2.31. The van der Waals surface area contributed by atoms with Gasteiger partial charge in [0.25, 0.3) is 5.91 Å². The van der Waals surface area contributed by atoms with Crippen molar-refractivity contribution in [2.75, 3.05) is 26.2 Å². The molecule has 2 aliphatic rings. The Kier molecular flexibility index (Phi) is 4.20. The Labute approximate surface area is 129 Å². The molecule has 20 heavy (non-hydrogen) atoms. The third-order valence-electron chi connectivity index (χ3n) is 4.42. The molecule has 1 aromatic rings. The monoisotopic (exact) mass is 312 g/mol. The molecule has 1 N–H and O–H groups in total. The number of carbonyl (C=O) groups excluding carboxylic acids is 1. The van der Waals surface area contributed by atoms with Gasteiger partial charge in [-0.05, 0) is 56.0 Å². The van der Waals surface area contributed by atoms with Crippen LogP contribution in [-0.2, 0) is 0 Å². The van der Waals surface area contributed by atoms with Gasteiger partial charge in [0.1, 0.15) is 0 Å². The van der Waals surface area contributed by atoms with Crippen molar-refractivity contribution in [3.63, 3.8) is 0 Å². The minimum atomic E-state index is 0.0438. The van der Waals surface area contributed by atoms with Crippen molar-refractivity contribution in [2.24, 2.45) is 11.8 Å². The average Bonchev–Trinajstić information content (AvgIpc) is 2.76. The summed E-state index contributed by atoms with van der Waals surface area (Å²) in [4.78, 5) is 14.5. The van der Waals surface area contributed by atoms with Gasteiger partial charge in [0.2, 0.25) is 0 Å². The van der Waals surface area contributed by atoms with Crippen LogP contribution in [0.2, 0.25) is 10.0 Å². The first kappa shape index (κ1) is 14.2. The molecule has 108 valence electrons. The number of rotatable bonds is 1. The lowest BCUT2D eigenvalue weighted by atomic mass is 9.92. The molecule has 2 heterocycles. The molecule has 2 fully saturated rings. The number of nitrogens with zero attached hydrogens (tertiary/aromatic N) is 1. The minimum absolute atomic E-state index is 0.0438. The second kappa shape index (κ2) is 5.92. The van der Waals surface area contributed by atoms with Crippen molar-refractivity contribution >= 4 is 29.1 Å². The van der Waals surface area contributed by atoms with Crippen LogP contribution in [0.4, 0.5) is 0 Å². The van der Waals surface area contributed by atoms with E-state index in [1.165, 1.54) is 0 Å². The van der Waals surface area contributed by atoms with Gasteiger partial charge in [-0.25, -0.2) is 0 Å².